The van der Waals surface area contributed by atoms with E-state index in [0.717, 1.165) is 6.61 Å². The molecule has 1 saturated heterocycles. The van der Waals surface area contributed by atoms with Gasteiger partial charge >= 0.3 is 8.80 Å². The molecule has 20 heavy (non-hydrogen) atoms. The Labute approximate surface area is 121 Å². The highest BCUT2D eigenvalue weighted by atomic mass is 28.4. The van der Waals surface area contributed by atoms with Crippen LogP contribution >= 0.6 is 0 Å². The summed E-state index contributed by atoms with van der Waals surface area (Å²) < 4.78 is 37.1. The average molecular weight is 310 g/mol. The first kappa shape index (κ1) is 18.0. The van der Waals surface area contributed by atoms with Crippen LogP contribution in [0.5, 0.6) is 0 Å². The molecule has 1 aliphatic rings. The molecule has 0 aliphatic carbocycles. The zero-order valence-corrected chi connectivity index (χ0v) is 13.6. The molecule has 0 saturated carbocycles. The summed E-state index contributed by atoms with van der Waals surface area (Å²) in [6, 6.07) is 0.626. The third-order valence-corrected chi connectivity index (χ3v) is 5.62. The lowest BCUT2D eigenvalue weighted by Gasteiger charge is -2.24. The minimum Gasteiger partial charge on any atom is -0.379 e. The van der Waals surface area contributed by atoms with Crippen LogP contribution in [0.3, 0.4) is 0 Å². The Hall–Kier alpha value is -0.0631. The monoisotopic (exact) mass is 310 g/mol. The van der Waals surface area contributed by atoms with Crippen LogP contribution in [0.2, 0.25) is 6.04 Å². The topological polar surface area (TPSA) is 67.9 Å². The van der Waals surface area contributed by atoms with Gasteiger partial charge in [0.15, 0.2) is 0 Å². The Balaban J connectivity index is 1.83. The zero-order chi connectivity index (χ0) is 14.7. The second kappa shape index (κ2) is 10.6. The molecule has 0 aromatic rings. The third kappa shape index (κ3) is 7.65. The van der Waals surface area contributed by atoms with Crippen molar-refractivity contribution in [3.8, 4) is 0 Å². The van der Waals surface area contributed by atoms with Crippen molar-refractivity contribution in [2.75, 3.05) is 67.6 Å². The first-order valence-electron chi connectivity index (χ1n) is 6.76. The maximum Gasteiger partial charge on any atom is 0.502 e. The van der Waals surface area contributed by atoms with Gasteiger partial charge in [0.2, 0.25) is 0 Å². The lowest BCUT2D eigenvalue weighted by atomic mass is 10.5. The van der Waals surface area contributed by atoms with Gasteiger partial charge in [-0.25, -0.2) is 0 Å². The molecular formula is C12H26O7Si. The highest BCUT2D eigenvalue weighted by Crippen LogP contribution is 2.12. The first-order valence-corrected chi connectivity index (χ1v) is 8.70. The SMILES string of the molecule is CO[Si](CCOCCOCCOCC1CO1)(OC)OC. The molecule has 1 atom stereocenters. The van der Waals surface area contributed by atoms with Gasteiger partial charge in [0.25, 0.3) is 0 Å². The largest absolute Gasteiger partial charge is 0.502 e. The quantitative estimate of drug-likeness (QED) is 0.260. The van der Waals surface area contributed by atoms with Crippen LogP contribution in [-0.4, -0.2) is 82.5 Å². The second-order valence-electron chi connectivity index (χ2n) is 4.30. The van der Waals surface area contributed by atoms with E-state index in [0.29, 0.717) is 51.8 Å². The van der Waals surface area contributed by atoms with Gasteiger partial charge in [0, 0.05) is 27.4 Å². The number of epoxide rings is 1. The second-order valence-corrected chi connectivity index (χ2v) is 7.39. The highest BCUT2D eigenvalue weighted by molar-refractivity contribution is 6.60. The Kier molecular flexibility index (Phi) is 9.56. The number of rotatable bonds is 14. The van der Waals surface area contributed by atoms with E-state index in [-0.39, 0.29) is 0 Å². The molecule has 0 aromatic carbocycles. The summed E-state index contributed by atoms with van der Waals surface area (Å²) in [5.74, 6) is 0. The maximum atomic E-state index is 5.46. The van der Waals surface area contributed by atoms with Crippen molar-refractivity contribution in [2.45, 2.75) is 12.1 Å². The Morgan fingerprint density at radius 2 is 1.35 bits per heavy atom. The van der Waals surface area contributed by atoms with Crippen molar-refractivity contribution in [2.24, 2.45) is 0 Å². The molecule has 0 N–H and O–H groups in total. The summed E-state index contributed by atoms with van der Waals surface area (Å²) in [4.78, 5) is 0. The molecule has 1 rings (SSSR count). The number of ether oxygens (including phenoxy) is 4. The van der Waals surface area contributed by atoms with Crippen molar-refractivity contribution >= 4 is 8.80 Å². The van der Waals surface area contributed by atoms with E-state index >= 15 is 0 Å². The van der Waals surface area contributed by atoms with E-state index in [2.05, 4.69) is 0 Å². The molecular weight excluding hydrogens is 284 g/mol. The smallest absolute Gasteiger partial charge is 0.379 e. The van der Waals surface area contributed by atoms with Crippen molar-refractivity contribution in [3.63, 3.8) is 0 Å². The summed E-state index contributed by atoms with van der Waals surface area (Å²) in [5.41, 5.74) is 0. The molecule has 1 unspecified atom stereocenters. The van der Waals surface area contributed by atoms with Gasteiger partial charge < -0.3 is 32.2 Å². The minimum absolute atomic E-state index is 0.310. The Morgan fingerprint density at radius 1 is 0.850 bits per heavy atom. The predicted molar refractivity (Wildman–Crippen MR) is 73.8 cm³/mol. The number of hydrogen-bond donors (Lipinski definition) is 0. The van der Waals surface area contributed by atoms with Gasteiger partial charge in [-0.3, -0.25) is 0 Å². The summed E-state index contributed by atoms with van der Waals surface area (Å²) in [6.45, 7) is 4.26. The number of hydrogen-bond acceptors (Lipinski definition) is 7. The molecule has 0 bridgehead atoms. The van der Waals surface area contributed by atoms with E-state index in [1.807, 2.05) is 0 Å². The van der Waals surface area contributed by atoms with Gasteiger partial charge in [-0.05, 0) is 0 Å². The van der Waals surface area contributed by atoms with Crippen LogP contribution in [0.1, 0.15) is 0 Å². The van der Waals surface area contributed by atoms with Gasteiger partial charge in [0.1, 0.15) is 6.10 Å². The molecule has 8 heteroatoms. The standard InChI is InChI=1S/C12H26O7Si/c1-13-20(14-2,15-3)9-8-17-5-4-16-6-7-18-10-12-11-19-12/h12H,4-11H2,1-3H3. The van der Waals surface area contributed by atoms with E-state index < -0.39 is 8.80 Å². The van der Waals surface area contributed by atoms with Crippen LogP contribution in [0.15, 0.2) is 0 Å². The Bertz CT molecular complexity index is 226. The molecule has 0 radical (unpaired) electrons. The first-order chi connectivity index (χ1) is 9.76. The molecule has 1 heterocycles. The van der Waals surface area contributed by atoms with Crippen LogP contribution in [0, 0.1) is 0 Å². The molecule has 0 amide bonds. The maximum absolute atomic E-state index is 5.46. The molecule has 7 nitrogen and oxygen atoms in total. The molecule has 1 fully saturated rings. The summed E-state index contributed by atoms with van der Waals surface area (Å²) in [5, 5.41) is 0. The van der Waals surface area contributed by atoms with Crippen molar-refractivity contribution in [1.82, 2.24) is 0 Å². The molecule has 0 aromatic heterocycles. The third-order valence-electron chi connectivity index (χ3n) is 2.94. The minimum atomic E-state index is -2.51. The van der Waals surface area contributed by atoms with Gasteiger partial charge in [-0.15, -0.1) is 0 Å². The van der Waals surface area contributed by atoms with Gasteiger partial charge in [-0.1, -0.05) is 0 Å². The molecule has 1 aliphatic heterocycles. The predicted octanol–water partition coefficient (Wildman–Crippen LogP) is 0.313. The van der Waals surface area contributed by atoms with Crippen molar-refractivity contribution in [3.05, 3.63) is 0 Å². The Morgan fingerprint density at radius 3 is 1.85 bits per heavy atom. The average Bonchev–Trinajstić information content (AvgIpc) is 3.30. The molecule has 0 spiro atoms. The fourth-order valence-corrected chi connectivity index (χ4v) is 3.08. The normalized spacial score (nSPS) is 18.4. The fraction of sp³-hybridized carbons (Fsp3) is 1.00. The summed E-state index contributed by atoms with van der Waals surface area (Å²) >= 11 is 0. The van der Waals surface area contributed by atoms with E-state index in [4.69, 9.17) is 32.2 Å². The van der Waals surface area contributed by atoms with E-state index in [1.54, 1.807) is 21.3 Å². The van der Waals surface area contributed by atoms with Crippen molar-refractivity contribution in [1.29, 1.82) is 0 Å². The van der Waals surface area contributed by atoms with Crippen LogP contribution in [-0.2, 0) is 32.2 Å². The lowest BCUT2D eigenvalue weighted by Crippen LogP contribution is -2.43. The fourth-order valence-electron chi connectivity index (χ4n) is 1.57. The van der Waals surface area contributed by atoms with E-state index in [1.165, 1.54) is 0 Å². The summed E-state index contributed by atoms with van der Waals surface area (Å²) in [7, 11) is 2.27. The lowest BCUT2D eigenvalue weighted by molar-refractivity contribution is 0.0115. The van der Waals surface area contributed by atoms with Gasteiger partial charge in [0.05, 0.1) is 46.2 Å². The molecule has 120 valence electrons. The van der Waals surface area contributed by atoms with Crippen LogP contribution < -0.4 is 0 Å². The summed E-state index contributed by atoms with van der Waals surface area (Å²) in [6.07, 6.45) is 0.310. The van der Waals surface area contributed by atoms with Crippen LogP contribution in [0.25, 0.3) is 0 Å². The van der Waals surface area contributed by atoms with E-state index in [9.17, 15) is 0 Å². The highest BCUT2D eigenvalue weighted by Gasteiger charge is 2.37. The zero-order valence-electron chi connectivity index (χ0n) is 12.6. The van der Waals surface area contributed by atoms with Crippen LogP contribution in [0.4, 0.5) is 0 Å². The van der Waals surface area contributed by atoms with Crippen molar-refractivity contribution < 1.29 is 32.2 Å². The van der Waals surface area contributed by atoms with Gasteiger partial charge in [-0.2, -0.15) is 0 Å².